The minimum absolute atomic E-state index is 0.0575. The molecular weight excluding hydrogens is 253 g/mol. The van der Waals surface area contributed by atoms with Gasteiger partial charge in [0.15, 0.2) is 0 Å². The monoisotopic (exact) mass is 271 g/mol. The van der Waals surface area contributed by atoms with Gasteiger partial charge in [0, 0.05) is 0 Å². The highest BCUT2D eigenvalue weighted by atomic mass is 19.1. The first-order valence-electron chi connectivity index (χ1n) is 6.98. The maximum Gasteiger partial charge on any atom is 0.146 e. The van der Waals surface area contributed by atoms with Crippen molar-refractivity contribution < 1.29 is 9.50 Å². The first-order valence-corrected chi connectivity index (χ1v) is 6.98. The highest BCUT2D eigenvalue weighted by Crippen LogP contribution is 2.35. The van der Waals surface area contributed by atoms with E-state index in [9.17, 15) is 9.50 Å². The number of phenolic OH excluding ortho intramolecular Hbond substituents is 1. The Hall–Kier alpha value is -2.03. The van der Waals surface area contributed by atoms with E-state index in [1.165, 1.54) is 11.6 Å². The van der Waals surface area contributed by atoms with E-state index in [4.69, 9.17) is 0 Å². The highest BCUT2D eigenvalue weighted by Gasteiger charge is 2.21. The van der Waals surface area contributed by atoms with Crippen molar-refractivity contribution >= 4 is 5.69 Å². The summed E-state index contributed by atoms with van der Waals surface area (Å²) in [6.07, 6.45) is 3.04. The Kier molecular flexibility index (Phi) is 3.35. The van der Waals surface area contributed by atoms with Crippen LogP contribution in [0, 0.1) is 12.7 Å². The van der Waals surface area contributed by atoms with Crippen molar-refractivity contribution in [3.05, 3.63) is 58.9 Å². The molecule has 0 spiro atoms. The van der Waals surface area contributed by atoms with Crippen LogP contribution in [0.15, 0.2) is 36.4 Å². The number of benzene rings is 2. The molecule has 1 unspecified atom stereocenters. The number of phenols is 1. The summed E-state index contributed by atoms with van der Waals surface area (Å²) in [4.78, 5) is 0. The van der Waals surface area contributed by atoms with E-state index in [2.05, 4.69) is 5.32 Å². The molecule has 1 atom stereocenters. The summed E-state index contributed by atoms with van der Waals surface area (Å²) in [7, 11) is 0. The fraction of sp³-hybridized carbons (Fsp3) is 0.294. The van der Waals surface area contributed by atoms with Crippen molar-refractivity contribution in [2.75, 3.05) is 5.32 Å². The Morgan fingerprint density at radius 1 is 1.20 bits per heavy atom. The maximum absolute atomic E-state index is 13.9. The molecule has 3 rings (SSSR count). The van der Waals surface area contributed by atoms with Crippen molar-refractivity contribution in [1.29, 1.82) is 0 Å². The maximum atomic E-state index is 13.9. The molecule has 2 aromatic carbocycles. The molecule has 0 fully saturated rings. The summed E-state index contributed by atoms with van der Waals surface area (Å²) < 4.78 is 13.9. The molecule has 2 aromatic rings. The normalized spacial score (nSPS) is 17.6. The number of hydrogen-bond acceptors (Lipinski definition) is 2. The summed E-state index contributed by atoms with van der Waals surface area (Å²) >= 11 is 0. The van der Waals surface area contributed by atoms with Crippen molar-refractivity contribution in [2.24, 2.45) is 0 Å². The van der Waals surface area contributed by atoms with Crippen LogP contribution in [0.3, 0.4) is 0 Å². The summed E-state index contributed by atoms with van der Waals surface area (Å²) in [6, 6.07) is 10.6. The fourth-order valence-electron chi connectivity index (χ4n) is 2.87. The van der Waals surface area contributed by atoms with Gasteiger partial charge in [-0.2, -0.15) is 0 Å². The highest BCUT2D eigenvalue weighted by molar-refractivity contribution is 5.51. The van der Waals surface area contributed by atoms with Crippen LogP contribution in [0.25, 0.3) is 0 Å². The molecule has 2 nitrogen and oxygen atoms in total. The number of fused-ring (bicyclic) bond motifs is 1. The van der Waals surface area contributed by atoms with Crippen LogP contribution in [-0.2, 0) is 6.42 Å². The molecule has 3 heteroatoms. The van der Waals surface area contributed by atoms with E-state index in [0.29, 0.717) is 5.69 Å². The Balaban J connectivity index is 1.93. The number of anilines is 1. The lowest BCUT2D eigenvalue weighted by Gasteiger charge is -2.27. The van der Waals surface area contributed by atoms with Crippen LogP contribution in [0.1, 0.15) is 35.6 Å². The van der Waals surface area contributed by atoms with Gasteiger partial charge in [-0.05, 0) is 67.1 Å². The minimum atomic E-state index is -0.233. The molecule has 1 aliphatic carbocycles. The predicted octanol–water partition coefficient (Wildman–Crippen LogP) is 4.33. The van der Waals surface area contributed by atoms with Gasteiger partial charge in [-0.1, -0.05) is 12.1 Å². The van der Waals surface area contributed by atoms with Gasteiger partial charge in [0.2, 0.25) is 0 Å². The lowest BCUT2D eigenvalue weighted by atomic mass is 9.87. The van der Waals surface area contributed by atoms with Gasteiger partial charge in [-0.15, -0.1) is 0 Å². The van der Waals surface area contributed by atoms with Crippen LogP contribution < -0.4 is 5.32 Å². The Morgan fingerprint density at radius 3 is 2.90 bits per heavy atom. The van der Waals surface area contributed by atoms with Gasteiger partial charge in [0.25, 0.3) is 0 Å². The zero-order valence-electron chi connectivity index (χ0n) is 11.5. The Morgan fingerprint density at radius 2 is 2.05 bits per heavy atom. The first kappa shape index (κ1) is 13.0. The SMILES string of the molecule is Cc1ccc(F)c(NC2CCCc3ccc(O)cc32)c1. The standard InChI is InChI=1S/C17H18FNO/c1-11-5-8-15(18)17(9-11)19-16-4-2-3-12-6-7-13(20)10-14(12)16/h5-10,16,19-20H,2-4H2,1H3. The molecule has 0 bridgehead atoms. The van der Waals surface area contributed by atoms with Crippen LogP contribution in [0.2, 0.25) is 0 Å². The van der Waals surface area contributed by atoms with Gasteiger partial charge >= 0.3 is 0 Å². The van der Waals surface area contributed by atoms with E-state index in [1.807, 2.05) is 19.1 Å². The Bertz CT molecular complexity index is 639. The molecule has 0 radical (unpaired) electrons. The van der Waals surface area contributed by atoms with Gasteiger partial charge in [0.05, 0.1) is 11.7 Å². The third kappa shape index (κ3) is 2.48. The van der Waals surface area contributed by atoms with Crippen molar-refractivity contribution in [1.82, 2.24) is 0 Å². The van der Waals surface area contributed by atoms with Crippen molar-refractivity contribution in [3.8, 4) is 5.75 Å². The minimum Gasteiger partial charge on any atom is -0.508 e. The summed E-state index contributed by atoms with van der Waals surface area (Å²) in [6.45, 7) is 1.95. The first-order chi connectivity index (χ1) is 9.63. The summed E-state index contributed by atoms with van der Waals surface area (Å²) in [5.41, 5.74) is 3.88. The molecule has 104 valence electrons. The quantitative estimate of drug-likeness (QED) is 0.852. The molecule has 0 amide bonds. The number of aryl methyl sites for hydroxylation is 2. The van der Waals surface area contributed by atoms with Crippen molar-refractivity contribution in [2.45, 2.75) is 32.2 Å². The average molecular weight is 271 g/mol. The second-order valence-corrected chi connectivity index (χ2v) is 5.46. The number of halogens is 1. The lowest BCUT2D eigenvalue weighted by molar-refractivity contribution is 0.471. The van der Waals surface area contributed by atoms with Gasteiger partial charge in [0.1, 0.15) is 11.6 Å². The molecule has 0 aromatic heterocycles. The van der Waals surface area contributed by atoms with Crippen LogP contribution in [0.5, 0.6) is 5.75 Å². The third-order valence-electron chi connectivity index (χ3n) is 3.90. The molecule has 1 aliphatic rings. The number of rotatable bonds is 2. The number of aromatic hydroxyl groups is 1. The second kappa shape index (κ2) is 5.16. The van der Waals surface area contributed by atoms with Crippen LogP contribution >= 0.6 is 0 Å². The van der Waals surface area contributed by atoms with Gasteiger partial charge in [-0.3, -0.25) is 0 Å². The molecule has 0 saturated heterocycles. The molecular formula is C17H18FNO. The molecule has 0 saturated carbocycles. The van der Waals surface area contributed by atoms with Crippen LogP contribution in [0.4, 0.5) is 10.1 Å². The zero-order chi connectivity index (χ0) is 14.1. The molecule has 0 aliphatic heterocycles. The average Bonchev–Trinajstić information content (AvgIpc) is 2.43. The number of nitrogens with one attached hydrogen (secondary N) is 1. The fourth-order valence-corrected chi connectivity index (χ4v) is 2.87. The summed E-state index contributed by atoms with van der Waals surface area (Å²) in [5.74, 6) is 0.0324. The Labute approximate surface area is 118 Å². The topological polar surface area (TPSA) is 32.3 Å². The van der Waals surface area contributed by atoms with Gasteiger partial charge < -0.3 is 10.4 Å². The summed E-state index contributed by atoms with van der Waals surface area (Å²) in [5, 5.41) is 13.0. The molecule has 20 heavy (non-hydrogen) atoms. The van der Waals surface area contributed by atoms with E-state index in [0.717, 1.165) is 30.4 Å². The smallest absolute Gasteiger partial charge is 0.146 e. The number of hydrogen-bond donors (Lipinski definition) is 2. The van der Waals surface area contributed by atoms with E-state index >= 15 is 0 Å². The van der Waals surface area contributed by atoms with Gasteiger partial charge in [-0.25, -0.2) is 4.39 Å². The lowest BCUT2D eigenvalue weighted by Crippen LogP contribution is -2.18. The molecule has 0 heterocycles. The van der Waals surface area contributed by atoms with E-state index in [-0.39, 0.29) is 17.6 Å². The third-order valence-corrected chi connectivity index (χ3v) is 3.90. The zero-order valence-corrected chi connectivity index (χ0v) is 11.5. The largest absolute Gasteiger partial charge is 0.508 e. The van der Waals surface area contributed by atoms with E-state index < -0.39 is 0 Å². The van der Waals surface area contributed by atoms with Crippen LogP contribution in [-0.4, -0.2) is 5.11 Å². The predicted molar refractivity (Wildman–Crippen MR) is 78.5 cm³/mol. The second-order valence-electron chi connectivity index (χ2n) is 5.46. The van der Waals surface area contributed by atoms with E-state index in [1.54, 1.807) is 18.2 Å². The van der Waals surface area contributed by atoms with Crippen molar-refractivity contribution in [3.63, 3.8) is 0 Å². The molecule has 2 N–H and O–H groups in total.